The lowest BCUT2D eigenvalue weighted by Crippen LogP contribution is -1.90. The molecule has 0 fully saturated rings. The van der Waals surface area contributed by atoms with Crippen molar-refractivity contribution in [2.75, 3.05) is 14.2 Å². The van der Waals surface area contributed by atoms with Crippen LogP contribution in [0.1, 0.15) is 0 Å². The van der Waals surface area contributed by atoms with Gasteiger partial charge in [0.1, 0.15) is 11.5 Å². The Hall–Kier alpha value is -1.56. The highest BCUT2D eigenvalue weighted by atomic mass is 79.9. The third kappa shape index (κ3) is 2.01. The summed E-state index contributed by atoms with van der Waals surface area (Å²) in [7, 11) is 3.17. The second kappa shape index (κ2) is 4.52. The van der Waals surface area contributed by atoms with E-state index >= 15 is 0 Å². The van der Waals surface area contributed by atoms with Crippen molar-refractivity contribution in [1.29, 1.82) is 0 Å². The summed E-state index contributed by atoms with van der Waals surface area (Å²) in [5.41, 5.74) is 0.724. The first-order valence-electron chi connectivity index (χ1n) is 4.46. The molecule has 0 aliphatic rings. The summed E-state index contributed by atoms with van der Waals surface area (Å²) < 4.78 is 15.6. The first-order chi connectivity index (χ1) is 7.74. The van der Waals surface area contributed by atoms with E-state index in [0.717, 1.165) is 5.56 Å². The molecule has 0 spiro atoms. The molecule has 0 unspecified atom stereocenters. The van der Waals surface area contributed by atoms with Crippen LogP contribution >= 0.6 is 15.9 Å². The van der Waals surface area contributed by atoms with Crippen LogP contribution in [-0.4, -0.2) is 24.4 Å². The van der Waals surface area contributed by atoms with Crippen molar-refractivity contribution < 1.29 is 13.9 Å². The van der Waals surface area contributed by atoms with Crippen LogP contribution in [-0.2, 0) is 0 Å². The molecule has 0 atom stereocenters. The summed E-state index contributed by atoms with van der Waals surface area (Å²) in [6.07, 6.45) is 0. The van der Waals surface area contributed by atoms with Crippen LogP contribution in [0, 0.1) is 0 Å². The minimum Gasteiger partial charge on any atom is -0.497 e. The van der Waals surface area contributed by atoms with Crippen molar-refractivity contribution >= 4 is 15.9 Å². The average molecular weight is 285 g/mol. The molecule has 1 heterocycles. The normalized spacial score (nSPS) is 10.2. The topological polar surface area (TPSA) is 57.4 Å². The van der Waals surface area contributed by atoms with E-state index in [4.69, 9.17) is 13.9 Å². The number of ether oxygens (including phenoxy) is 2. The molecule has 0 saturated heterocycles. The van der Waals surface area contributed by atoms with Gasteiger partial charge in [0, 0.05) is 22.0 Å². The van der Waals surface area contributed by atoms with Crippen molar-refractivity contribution in [2.45, 2.75) is 0 Å². The fourth-order valence-electron chi connectivity index (χ4n) is 1.29. The Bertz CT molecular complexity index is 499. The Balaban J connectivity index is 2.48. The highest BCUT2D eigenvalue weighted by molar-refractivity contribution is 9.10. The zero-order valence-corrected chi connectivity index (χ0v) is 10.3. The Morgan fingerprint density at radius 2 is 2.00 bits per heavy atom. The molecule has 0 aliphatic heterocycles. The van der Waals surface area contributed by atoms with Crippen molar-refractivity contribution in [3.63, 3.8) is 0 Å². The molecule has 0 bridgehead atoms. The molecule has 5 nitrogen and oxygen atoms in total. The van der Waals surface area contributed by atoms with Gasteiger partial charge in [-0.25, -0.2) is 0 Å². The Morgan fingerprint density at radius 1 is 1.19 bits per heavy atom. The minimum absolute atomic E-state index is 0.334. The smallest absolute Gasteiger partial charge is 0.285 e. The molecular formula is C10H9BrN2O3. The fourth-order valence-corrected chi connectivity index (χ4v) is 1.52. The fraction of sp³-hybridized carbons (Fsp3) is 0.200. The summed E-state index contributed by atoms with van der Waals surface area (Å²) in [5, 5.41) is 7.59. The molecule has 1 aromatic carbocycles. The molecule has 6 heteroatoms. The molecule has 84 valence electrons. The van der Waals surface area contributed by atoms with Gasteiger partial charge in [0.2, 0.25) is 0 Å². The van der Waals surface area contributed by atoms with Crippen LogP contribution in [0.2, 0.25) is 0 Å². The number of aromatic nitrogens is 2. The van der Waals surface area contributed by atoms with Gasteiger partial charge in [-0.2, -0.15) is 0 Å². The van der Waals surface area contributed by atoms with E-state index in [-0.39, 0.29) is 0 Å². The summed E-state index contributed by atoms with van der Waals surface area (Å²) >= 11 is 3.10. The third-order valence-corrected chi connectivity index (χ3v) is 2.36. The van der Waals surface area contributed by atoms with Crippen LogP contribution in [0.5, 0.6) is 11.5 Å². The zero-order chi connectivity index (χ0) is 11.5. The van der Waals surface area contributed by atoms with E-state index in [1.807, 2.05) is 0 Å². The van der Waals surface area contributed by atoms with Crippen molar-refractivity contribution in [3.8, 4) is 23.0 Å². The molecule has 1 aromatic heterocycles. The van der Waals surface area contributed by atoms with Crippen LogP contribution in [0.25, 0.3) is 11.5 Å². The van der Waals surface area contributed by atoms with E-state index in [9.17, 15) is 0 Å². The molecule has 0 saturated carbocycles. The van der Waals surface area contributed by atoms with Crippen LogP contribution in [0.4, 0.5) is 0 Å². The summed E-state index contributed by atoms with van der Waals surface area (Å²) in [6.45, 7) is 0. The summed E-state index contributed by atoms with van der Waals surface area (Å²) in [5.74, 6) is 1.72. The lowest BCUT2D eigenvalue weighted by molar-refractivity contribution is 0.394. The predicted octanol–water partition coefficient (Wildman–Crippen LogP) is 2.52. The Kier molecular flexibility index (Phi) is 3.09. The molecular weight excluding hydrogens is 276 g/mol. The maximum Gasteiger partial charge on any atom is 0.285 e. The molecule has 16 heavy (non-hydrogen) atoms. The van der Waals surface area contributed by atoms with Crippen LogP contribution < -0.4 is 9.47 Å². The van der Waals surface area contributed by atoms with Gasteiger partial charge in [-0.1, -0.05) is 0 Å². The van der Waals surface area contributed by atoms with E-state index in [2.05, 4.69) is 26.1 Å². The highest BCUT2D eigenvalue weighted by Gasteiger charge is 2.13. The second-order valence-electron chi connectivity index (χ2n) is 2.93. The standard InChI is InChI=1S/C10H9BrN2O3/c1-14-6-3-4-7(8(5-6)15-2)9-12-13-10(11)16-9/h3-5H,1-2H3. The van der Waals surface area contributed by atoms with Gasteiger partial charge in [0.15, 0.2) is 0 Å². The number of rotatable bonds is 3. The minimum atomic E-state index is 0.334. The first kappa shape index (κ1) is 10.9. The van der Waals surface area contributed by atoms with Gasteiger partial charge < -0.3 is 13.9 Å². The SMILES string of the molecule is COc1ccc(-c2nnc(Br)o2)c(OC)c1. The molecule has 2 rings (SSSR count). The Labute approximate surface area is 101 Å². The maximum absolute atomic E-state index is 5.26. The zero-order valence-electron chi connectivity index (χ0n) is 8.73. The van der Waals surface area contributed by atoms with E-state index in [1.54, 1.807) is 32.4 Å². The third-order valence-electron chi connectivity index (χ3n) is 2.04. The highest BCUT2D eigenvalue weighted by Crippen LogP contribution is 2.32. The molecule has 0 amide bonds. The number of nitrogens with zero attached hydrogens (tertiary/aromatic N) is 2. The number of halogens is 1. The van der Waals surface area contributed by atoms with E-state index < -0.39 is 0 Å². The van der Waals surface area contributed by atoms with Crippen LogP contribution in [0.15, 0.2) is 27.4 Å². The van der Waals surface area contributed by atoms with Gasteiger partial charge in [-0.3, -0.25) is 0 Å². The Morgan fingerprint density at radius 3 is 2.56 bits per heavy atom. The molecule has 0 N–H and O–H groups in total. The second-order valence-corrected chi connectivity index (χ2v) is 3.60. The van der Waals surface area contributed by atoms with E-state index in [0.29, 0.717) is 22.2 Å². The number of benzene rings is 1. The molecule has 0 radical (unpaired) electrons. The molecule has 2 aromatic rings. The number of hydrogen-bond donors (Lipinski definition) is 0. The first-order valence-corrected chi connectivity index (χ1v) is 5.25. The van der Waals surface area contributed by atoms with Gasteiger partial charge in [0.25, 0.3) is 10.7 Å². The van der Waals surface area contributed by atoms with Crippen molar-refractivity contribution in [1.82, 2.24) is 10.2 Å². The van der Waals surface area contributed by atoms with Crippen molar-refractivity contribution in [3.05, 3.63) is 23.0 Å². The number of hydrogen-bond acceptors (Lipinski definition) is 5. The van der Waals surface area contributed by atoms with Gasteiger partial charge in [0.05, 0.1) is 19.8 Å². The van der Waals surface area contributed by atoms with Gasteiger partial charge >= 0.3 is 0 Å². The maximum atomic E-state index is 5.26. The van der Waals surface area contributed by atoms with Crippen LogP contribution in [0.3, 0.4) is 0 Å². The quantitative estimate of drug-likeness (QED) is 0.867. The largest absolute Gasteiger partial charge is 0.497 e. The van der Waals surface area contributed by atoms with E-state index in [1.165, 1.54) is 0 Å². The van der Waals surface area contributed by atoms with Crippen molar-refractivity contribution in [2.24, 2.45) is 0 Å². The lowest BCUT2D eigenvalue weighted by Gasteiger charge is -2.06. The monoisotopic (exact) mass is 284 g/mol. The average Bonchev–Trinajstić information content (AvgIpc) is 2.74. The summed E-state index contributed by atoms with van der Waals surface area (Å²) in [4.78, 5) is 0.334. The van der Waals surface area contributed by atoms with Gasteiger partial charge in [-0.05, 0) is 12.1 Å². The molecule has 0 aliphatic carbocycles. The summed E-state index contributed by atoms with van der Waals surface area (Å²) in [6, 6.07) is 5.36. The van der Waals surface area contributed by atoms with Gasteiger partial charge in [-0.15, -0.1) is 10.2 Å². The predicted molar refractivity (Wildman–Crippen MR) is 60.5 cm³/mol. The lowest BCUT2D eigenvalue weighted by atomic mass is 10.2. The number of methoxy groups -OCH3 is 2.